The summed E-state index contributed by atoms with van der Waals surface area (Å²) in [7, 11) is 4.21. The zero-order valence-electron chi connectivity index (χ0n) is 18.5. The number of nitrogens with two attached hydrogens (primary N) is 1. The fraction of sp³-hybridized carbons (Fsp3) is 0.913. The smallest absolute Gasteiger partial charge is 0.0621 e. The Bertz CT molecular complexity index is 568. The van der Waals surface area contributed by atoms with Crippen LogP contribution in [0.1, 0.15) is 52.4 Å². The molecule has 0 aromatic rings. The van der Waals surface area contributed by atoms with Crippen LogP contribution in [0, 0.1) is 28.6 Å². The van der Waals surface area contributed by atoms with E-state index >= 15 is 0 Å². The average molecular weight is 394 g/mol. The zero-order chi connectivity index (χ0) is 20.7. The van der Waals surface area contributed by atoms with Crippen molar-refractivity contribution in [1.82, 2.24) is 10.2 Å². The summed E-state index contributed by atoms with van der Waals surface area (Å²) in [5, 5.41) is 24.8. The Kier molecular flexibility index (Phi) is 6.63. The van der Waals surface area contributed by atoms with Crippen LogP contribution in [0.5, 0.6) is 0 Å². The van der Waals surface area contributed by atoms with E-state index in [2.05, 4.69) is 44.7 Å². The lowest BCUT2D eigenvalue weighted by atomic mass is 9.51. The third kappa shape index (κ3) is 3.93. The van der Waals surface area contributed by atoms with E-state index < -0.39 is 6.10 Å². The molecule has 162 valence electrons. The first-order chi connectivity index (χ1) is 13.1. The van der Waals surface area contributed by atoms with Gasteiger partial charge in [0.15, 0.2) is 0 Å². The SMILES string of the molecule is C=C1C(N)CC2[C@H](CNCCN(C)C)C([C@]3(C)CC[C@@H](O)C[C@H]3O)CC[C@]12C. The van der Waals surface area contributed by atoms with Crippen LogP contribution in [0.2, 0.25) is 0 Å². The summed E-state index contributed by atoms with van der Waals surface area (Å²) in [6, 6.07) is 0.101. The number of nitrogens with zero attached hydrogens (tertiary/aromatic N) is 1. The van der Waals surface area contributed by atoms with Gasteiger partial charge < -0.3 is 26.2 Å². The van der Waals surface area contributed by atoms with E-state index in [1.807, 2.05) is 0 Å². The Balaban J connectivity index is 1.83. The lowest BCUT2D eigenvalue weighted by molar-refractivity contribution is -0.118. The summed E-state index contributed by atoms with van der Waals surface area (Å²) in [6.45, 7) is 12.0. The van der Waals surface area contributed by atoms with E-state index in [0.29, 0.717) is 24.2 Å². The maximum Gasteiger partial charge on any atom is 0.0621 e. The number of fused-ring (bicyclic) bond motifs is 1. The van der Waals surface area contributed by atoms with Crippen LogP contribution in [0.3, 0.4) is 0 Å². The van der Waals surface area contributed by atoms with Crippen molar-refractivity contribution >= 4 is 0 Å². The van der Waals surface area contributed by atoms with Gasteiger partial charge in [-0.3, -0.25) is 0 Å². The van der Waals surface area contributed by atoms with Crippen LogP contribution in [-0.4, -0.2) is 67.1 Å². The van der Waals surface area contributed by atoms with Crippen LogP contribution >= 0.6 is 0 Å². The quantitative estimate of drug-likeness (QED) is 0.410. The van der Waals surface area contributed by atoms with Gasteiger partial charge in [-0.2, -0.15) is 0 Å². The van der Waals surface area contributed by atoms with Crippen molar-refractivity contribution in [1.29, 1.82) is 0 Å². The third-order valence-corrected chi connectivity index (χ3v) is 8.75. The van der Waals surface area contributed by atoms with E-state index in [1.165, 1.54) is 5.57 Å². The molecule has 0 aliphatic heterocycles. The zero-order valence-corrected chi connectivity index (χ0v) is 18.5. The Morgan fingerprint density at radius 2 is 1.86 bits per heavy atom. The largest absolute Gasteiger partial charge is 0.393 e. The van der Waals surface area contributed by atoms with E-state index in [0.717, 1.165) is 51.7 Å². The normalized spacial score (nSPS) is 46.8. The van der Waals surface area contributed by atoms with Gasteiger partial charge in [0.05, 0.1) is 12.2 Å². The molecule has 3 fully saturated rings. The van der Waals surface area contributed by atoms with Gasteiger partial charge >= 0.3 is 0 Å². The lowest BCUT2D eigenvalue weighted by Gasteiger charge is -2.55. The van der Waals surface area contributed by atoms with Crippen molar-refractivity contribution in [3.05, 3.63) is 12.2 Å². The first kappa shape index (κ1) is 22.2. The molecule has 5 heteroatoms. The highest BCUT2D eigenvalue weighted by Crippen LogP contribution is 2.62. The minimum absolute atomic E-state index is 0.101. The number of rotatable bonds is 6. The predicted molar refractivity (Wildman–Crippen MR) is 115 cm³/mol. The maximum atomic E-state index is 11.0. The molecule has 3 rings (SSSR count). The monoisotopic (exact) mass is 393 g/mol. The predicted octanol–water partition coefficient (Wildman–Crippen LogP) is 1.99. The van der Waals surface area contributed by atoms with Crippen molar-refractivity contribution in [2.24, 2.45) is 34.3 Å². The van der Waals surface area contributed by atoms with Gasteiger partial charge in [0.2, 0.25) is 0 Å². The molecule has 5 N–H and O–H groups in total. The van der Waals surface area contributed by atoms with Crippen molar-refractivity contribution in [3.8, 4) is 0 Å². The van der Waals surface area contributed by atoms with Crippen molar-refractivity contribution in [2.75, 3.05) is 33.7 Å². The Hall–Kier alpha value is -0.460. The van der Waals surface area contributed by atoms with E-state index in [-0.39, 0.29) is 23.0 Å². The highest BCUT2D eigenvalue weighted by Gasteiger charge is 2.58. The van der Waals surface area contributed by atoms with Gasteiger partial charge in [-0.05, 0) is 87.7 Å². The average Bonchev–Trinajstić information content (AvgIpc) is 2.86. The summed E-state index contributed by atoms with van der Waals surface area (Å²) in [6.07, 6.45) is 4.70. The molecule has 0 bridgehead atoms. The highest BCUT2D eigenvalue weighted by atomic mass is 16.3. The molecule has 0 amide bonds. The van der Waals surface area contributed by atoms with Gasteiger partial charge in [0.1, 0.15) is 0 Å². The number of aliphatic hydroxyl groups is 2. The maximum absolute atomic E-state index is 11.0. The van der Waals surface area contributed by atoms with Gasteiger partial charge in [0.25, 0.3) is 0 Å². The van der Waals surface area contributed by atoms with E-state index in [1.54, 1.807) is 0 Å². The summed E-state index contributed by atoms with van der Waals surface area (Å²) in [5.41, 5.74) is 7.71. The fourth-order valence-electron chi connectivity index (χ4n) is 6.68. The molecule has 8 atom stereocenters. The Labute approximate surface area is 171 Å². The molecule has 0 aromatic carbocycles. The number of hydrogen-bond acceptors (Lipinski definition) is 5. The Morgan fingerprint density at radius 3 is 2.50 bits per heavy atom. The van der Waals surface area contributed by atoms with Gasteiger partial charge in [0, 0.05) is 19.1 Å². The molecule has 3 unspecified atom stereocenters. The minimum Gasteiger partial charge on any atom is -0.393 e. The summed E-state index contributed by atoms with van der Waals surface area (Å²) >= 11 is 0. The van der Waals surface area contributed by atoms with Crippen molar-refractivity contribution in [3.63, 3.8) is 0 Å². The molecule has 0 aromatic heterocycles. The van der Waals surface area contributed by atoms with E-state index in [9.17, 15) is 10.2 Å². The van der Waals surface area contributed by atoms with Crippen molar-refractivity contribution < 1.29 is 10.2 Å². The first-order valence-corrected chi connectivity index (χ1v) is 11.3. The van der Waals surface area contributed by atoms with Crippen LogP contribution in [0.4, 0.5) is 0 Å². The molecular weight excluding hydrogens is 350 g/mol. The lowest BCUT2D eigenvalue weighted by Crippen LogP contribution is -2.54. The number of likely N-dealkylation sites (N-methyl/N-ethyl adjacent to an activating group) is 1. The molecule has 5 nitrogen and oxygen atoms in total. The molecular formula is C23H43N3O2. The summed E-state index contributed by atoms with van der Waals surface area (Å²) in [4.78, 5) is 2.20. The second-order valence-corrected chi connectivity index (χ2v) is 10.7. The van der Waals surface area contributed by atoms with Gasteiger partial charge in [-0.15, -0.1) is 0 Å². The first-order valence-electron chi connectivity index (χ1n) is 11.3. The van der Waals surface area contributed by atoms with Crippen LogP contribution in [0.25, 0.3) is 0 Å². The van der Waals surface area contributed by atoms with Gasteiger partial charge in [-0.25, -0.2) is 0 Å². The molecule has 28 heavy (non-hydrogen) atoms. The van der Waals surface area contributed by atoms with Gasteiger partial charge in [-0.1, -0.05) is 26.0 Å². The molecule has 3 saturated carbocycles. The summed E-state index contributed by atoms with van der Waals surface area (Å²) in [5.74, 6) is 1.47. The standard InChI is InChI=1S/C23H43N3O2/c1-15-20(24)13-19-17(14-25-10-11-26(4)5)18(7-9-22(15,19)2)23(3)8-6-16(27)12-21(23)28/h16-21,25,27-28H,1,6-14,24H2,2-5H3/t16-,17-,18?,19?,20?,21-,22-,23+/m1/s1. The van der Waals surface area contributed by atoms with Crippen molar-refractivity contribution in [2.45, 2.75) is 70.6 Å². The van der Waals surface area contributed by atoms with Crippen LogP contribution < -0.4 is 11.1 Å². The fourth-order valence-corrected chi connectivity index (χ4v) is 6.68. The van der Waals surface area contributed by atoms with Crippen LogP contribution in [-0.2, 0) is 0 Å². The number of hydrogen-bond donors (Lipinski definition) is 4. The number of nitrogens with one attached hydrogen (secondary N) is 1. The number of aliphatic hydroxyl groups excluding tert-OH is 2. The second kappa shape index (κ2) is 8.35. The minimum atomic E-state index is -0.423. The molecule has 0 heterocycles. The third-order valence-electron chi connectivity index (χ3n) is 8.75. The molecule has 3 aliphatic rings. The van der Waals surface area contributed by atoms with E-state index in [4.69, 9.17) is 5.73 Å². The second-order valence-electron chi connectivity index (χ2n) is 10.7. The van der Waals surface area contributed by atoms with Crippen LogP contribution in [0.15, 0.2) is 12.2 Å². The Morgan fingerprint density at radius 1 is 1.14 bits per heavy atom. The molecule has 0 saturated heterocycles. The highest BCUT2D eigenvalue weighted by molar-refractivity contribution is 5.26. The topological polar surface area (TPSA) is 81.8 Å². The summed E-state index contributed by atoms with van der Waals surface area (Å²) < 4.78 is 0. The molecule has 0 spiro atoms. The molecule has 3 aliphatic carbocycles. The molecule has 0 radical (unpaired) electrons.